The standard InChI is InChI=1S/C31H37N3O3/c1-23(2)32-20-8-10-22-37-29-15-6-4-13-27(29)30(35)33-26-18-16-25(17-19-26)31(36)34-21-9-7-12-24-11-3-5-14-28(24)34/h3-6,11,13-19,23,32H,7-10,12,20-22H2,1-2H3,(H,33,35). The van der Waals surface area contributed by atoms with Crippen LogP contribution < -0.4 is 20.3 Å². The number of unbranched alkanes of at least 4 members (excludes halogenated alkanes) is 1. The van der Waals surface area contributed by atoms with Crippen LogP contribution in [-0.2, 0) is 6.42 Å². The molecule has 3 aromatic rings. The molecule has 0 radical (unpaired) electrons. The van der Waals surface area contributed by atoms with Crippen molar-refractivity contribution in [1.29, 1.82) is 0 Å². The second-order valence-electron chi connectivity index (χ2n) is 9.73. The van der Waals surface area contributed by atoms with Gasteiger partial charge in [0.25, 0.3) is 11.8 Å². The summed E-state index contributed by atoms with van der Waals surface area (Å²) in [6.07, 6.45) is 4.97. The molecule has 0 aliphatic carbocycles. The van der Waals surface area contributed by atoms with Gasteiger partial charge in [0.2, 0.25) is 0 Å². The van der Waals surface area contributed by atoms with E-state index in [2.05, 4.69) is 30.5 Å². The Kier molecular flexibility index (Phi) is 9.33. The van der Waals surface area contributed by atoms with E-state index in [1.54, 1.807) is 30.3 Å². The van der Waals surface area contributed by atoms with Crippen LogP contribution >= 0.6 is 0 Å². The summed E-state index contributed by atoms with van der Waals surface area (Å²) in [6, 6.07) is 23.0. The molecule has 4 rings (SSSR count). The fraction of sp³-hybridized carbons (Fsp3) is 0.355. The van der Waals surface area contributed by atoms with Crippen LogP contribution in [0.25, 0.3) is 0 Å². The summed E-state index contributed by atoms with van der Waals surface area (Å²) in [7, 11) is 0. The van der Waals surface area contributed by atoms with Crippen LogP contribution in [0.3, 0.4) is 0 Å². The highest BCUT2D eigenvalue weighted by molar-refractivity contribution is 6.08. The molecule has 194 valence electrons. The second-order valence-corrected chi connectivity index (χ2v) is 9.73. The molecule has 1 aliphatic heterocycles. The molecule has 0 fully saturated rings. The molecule has 0 bridgehead atoms. The van der Waals surface area contributed by atoms with E-state index in [1.807, 2.05) is 41.3 Å². The van der Waals surface area contributed by atoms with Gasteiger partial charge in [-0.2, -0.15) is 0 Å². The first-order valence-electron chi connectivity index (χ1n) is 13.3. The van der Waals surface area contributed by atoms with Crippen LogP contribution in [0.15, 0.2) is 72.8 Å². The van der Waals surface area contributed by atoms with Crippen LogP contribution in [0.4, 0.5) is 11.4 Å². The molecule has 2 amide bonds. The SMILES string of the molecule is CC(C)NCCCCOc1ccccc1C(=O)Nc1ccc(C(=O)N2CCCCc3ccccc32)cc1. The number of aryl methyl sites for hydroxylation is 1. The molecule has 37 heavy (non-hydrogen) atoms. The predicted octanol–water partition coefficient (Wildman–Crippen LogP) is 6.08. The Bertz CT molecular complexity index is 1190. The van der Waals surface area contributed by atoms with Gasteiger partial charge in [0.1, 0.15) is 5.75 Å². The molecule has 1 heterocycles. The first kappa shape index (κ1) is 26.4. The van der Waals surface area contributed by atoms with Gasteiger partial charge in [0.05, 0.1) is 12.2 Å². The summed E-state index contributed by atoms with van der Waals surface area (Å²) in [5, 5.41) is 6.33. The molecular weight excluding hydrogens is 462 g/mol. The third kappa shape index (κ3) is 7.20. The third-order valence-corrected chi connectivity index (χ3v) is 6.51. The van der Waals surface area contributed by atoms with Crippen LogP contribution in [0, 0.1) is 0 Å². The number of anilines is 2. The lowest BCUT2D eigenvalue weighted by molar-refractivity contribution is 0.0985. The van der Waals surface area contributed by atoms with E-state index in [1.165, 1.54) is 5.56 Å². The zero-order valence-corrected chi connectivity index (χ0v) is 21.8. The minimum absolute atomic E-state index is 0.0189. The molecule has 6 nitrogen and oxygen atoms in total. The number of ether oxygens (including phenoxy) is 1. The van der Waals surface area contributed by atoms with Gasteiger partial charge in [-0.15, -0.1) is 0 Å². The van der Waals surface area contributed by atoms with Gasteiger partial charge < -0.3 is 20.3 Å². The van der Waals surface area contributed by atoms with Crippen LogP contribution in [0.2, 0.25) is 0 Å². The first-order chi connectivity index (χ1) is 18.0. The lowest BCUT2D eigenvalue weighted by Crippen LogP contribution is -2.31. The van der Waals surface area contributed by atoms with E-state index in [9.17, 15) is 9.59 Å². The van der Waals surface area contributed by atoms with Crippen LogP contribution in [-0.4, -0.2) is 37.6 Å². The maximum atomic E-state index is 13.3. The highest BCUT2D eigenvalue weighted by Gasteiger charge is 2.22. The maximum absolute atomic E-state index is 13.3. The maximum Gasteiger partial charge on any atom is 0.259 e. The van der Waals surface area contributed by atoms with Crippen LogP contribution in [0.5, 0.6) is 5.75 Å². The minimum atomic E-state index is -0.238. The molecule has 0 aromatic heterocycles. The largest absolute Gasteiger partial charge is 0.493 e. The van der Waals surface area contributed by atoms with E-state index in [4.69, 9.17) is 4.74 Å². The topological polar surface area (TPSA) is 70.7 Å². The molecule has 0 saturated carbocycles. The summed E-state index contributed by atoms with van der Waals surface area (Å²) < 4.78 is 5.92. The number of para-hydroxylation sites is 2. The van der Waals surface area contributed by atoms with E-state index < -0.39 is 0 Å². The summed E-state index contributed by atoms with van der Waals surface area (Å²) in [5.41, 5.74) is 3.93. The van der Waals surface area contributed by atoms with Crippen molar-refractivity contribution in [2.45, 2.75) is 52.0 Å². The zero-order valence-electron chi connectivity index (χ0n) is 21.8. The van der Waals surface area contributed by atoms with Crippen molar-refractivity contribution in [2.24, 2.45) is 0 Å². The summed E-state index contributed by atoms with van der Waals surface area (Å²) in [5.74, 6) is 0.315. The number of nitrogens with zero attached hydrogens (tertiary/aromatic N) is 1. The van der Waals surface area contributed by atoms with Crippen molar-refractivity contribution < 1.29 is 14.3 Å². The lowest BCUT2D eigenvalue weighted by atomic mass is 10.1. The Morgan fingerprint density at radius 1 is 0.919 bits per heavy atom. The number of benzene rings is 3. The van der Waals surface area contributed by atoms with Crippen LogP contribution in [0.1, 0.15) is 65.8 Å². The van der Waals surface area contributed by atoms with Crippen molar-refractivity contribution in [2.75, 3.05) is 29.9 Å². The normalized spacial score (nSPS) is 13.1. The van der Waals surface area contributed by atoms with Crippen molar-refractivity contribution in [3.05, 3.63) is 89.5 Å². The fourth-order valence-electron chi connectivity index (χ4n) is 4.53. The van der Waals surface area contributed by atoms with Crippen molar-refractivity contribution >= 4 is 23.2 Å². The fourth-order valence-corrected chi connectivity index (χ4v) is 4.53. The summed E-state index contributed by atoms with van der Waals surface area (Å²) in [6.45, 7) is 6.48. The average Bonchev–Trinajstić information content (AvgIpc) is 3.13. The molecule has 0 atom stereocenters. The van der Waals surface area contributed by atoms with E-state index in [0.717, 1.165) is 44.3 Å². The Hall–Kier alpha value is -3.64. The number of fused-ring (bicyclic) bond motifs is 1. The molecular formula is C31H37N3O3. The lowest BCUT2D eigenvalue weighted by Gasteiger charge is -2.23. The first-order valence-corrected chi connectivity index (χ1v) is 13.3. The Morgan fingerprint density at radius 2 is 1.68 bits per heavy atom. The molecule has 0 spiro atoms. The predicted molar refractivity (Wildman–Crippen MR) is 150 cm³/mol. The minimum Gasteiger partial charge on any atom is -0.493 e. The van der Waals surface area contributed by atoms with Gasteiger partial charge in [-0.25, -0.2) is 0 Å². The number of carbonyl (C=O) groups is 2. The Labute approximate surface area is 220 Å². The van der Waals surface area contributed by atoms with Gasteiger partial charge in [0.15, 0.2) is 0 Å². The van der Waals surface area contributed by atoms with E-state index in [0.29, 0.717) is 41.8 Å². The molecule has 0 unspecified atom stereocenters. The third-order valence-electron chi connectivity index (χ3n) is 6.51. The highest BCUT2D eigenvalue weighted by atomic mass is 16.5. The van der Waals surface area contributed by atoms with Gasteiger partial charge in [-0.3, -0.25) is 9.59 Å². The van der Waals surface area contributed by atoms with Crippen molar-refractivity contribution in [3.63, 3.8) is 0 Å². The number of nitrogens with one attached hydrogen (secondary N) is 2. The number of amides is 2. The number of rotatable bonds is 10. The van der Waals surface area contributed by atoms with Gasteiger partial charge in [-0.05, 0) is 86.7 Å². The molecule has 0 saturated heterocycles. The number of carbonyl (C=O) groups excluding carboxylic acids is 2. The molecule has 2 N–H and O–H groups in total. The van der Waals surface area contributed by atoms with Gasteiger partial charge in [0, 0.05) is 29.5 Å². The zero-order chi connectivity index (χ0) is 26.0. The van der Waals surface area contributed by atoms with Crippen molar-refractivity contribution in [3.8, 4) is 5.75 Å². The monoisotopic (exact) mass is 499 g/mol. The van der Waals surface area contributed by atoms with E-state index in [-0.39, 0.29) is 11.8 Å². The van der Waals surface area contributed by atoms with Gasteiger partial charge >= 0.3 is 0 Å². The average molecular weight is 500 g/mol. The Balaban J connectivity index is 1.36. The number of hydrogen-bond acceptors (Lipinski definition) is 4. The second kappa shape index (κ2) is 13.1. The summed E-state index contributed by atoms with van der Waals surface area (Å²) >= 11 is 0. The molecule has 6 heteroatoms. The Morgan fingerprint density at radius 3 is 2.49 bits per heavy atom. The smallest absolute Gasteiger partial charge is 0.259 e. The molecule has 1 aliphatic rings. The number of hydrogen-bond donors (Lipinski definition) is 2. The summed E-state index contributed by atoms with van der Waals surface area (Å²) in [4.78, 5) is 28.2. The highest BCUT2D eigenvalue weighted by Crippen LogP contribution is 2.28. The quantitative estimate of drug-likeness (QED) is 0.332. The van der Waals surface area contributed by atoms with E-state index >= 15 is 0 Å². The van der Waals surface area contributed by atoms with Gasteiger partial charge in [-0.1, -0.05) is 44.2 Å². The van der Waals surface area contributed by atoms with Crippen molar-refractivity contribution in [1.82, 2.24) is 5.32 Å². The molecule has 3 aromatic carbocycles.